The lowest BCUT2D eigenvalue weighted by Gasteiger charge is -2.27. The Labute approximate surface area is 148 Å². The van der Waals surface area contributed by atoms with Gasteiger partial charge in [-0.05, 0) is 31.6 Å². The van der Waals surface area contributed by atoms with E-state index >= 15 is 0 Å². The van der Waals surface area contributed by atoms with E-state index < -0.39 is 12.1 Å². The Morgan fingerprint density at radius 1 is 1.17 bits per heavy atom. The van der Waals surface area contributed by atoms with Crippen molar-refractivity contribution in [3.05, 3.63) is 0 Å². The molecule has 23 heavy (non-hydrogen) atoms. The highest BCUT2D eigenvalue weighted by molar-refractivity contribution is 5.85. The first-order valence-electron chi connectivity index (χ1n) is 9.14. The van der Waals surface area contributed by atoms with Crippen LogP contribution in [0.1, 0.15) is 78.6 Å². The maximum atomic E-state index is 12.1. The minimum absolute atomic E-state index is 0. The van der Waals surface area contributed by atoms with Gasteiger partial charge in [-0.25, -0.2) is 0 Å². The summed E-state index contributed by atoms with van der Waals surface area (Å²) in [5.41, 5.74) is 6.05. The molecule has 0 aromatic rings. The molecule has 5 heteroatoms. The van der Waals surface area contributed by atoms with Crippen molar-refractivity contribution in [1.29, 1.82) is 0 Å². The van der Waals surface area contributed by atoms with Gasteiger partial charge in [0.2, 0.25) is 0 Å². The molecule has 0 radical (unpaired) electrons. The minimum atomic E-state index is -1.07. The Morgan fingerprint density at radius 2 is 1.78 bits per heavy atom. The largest absolute Gasteiger partial charge is 0.382 e. The smallest absolute Gasteiger partial charge is 0.250 e. The fraction of sp³-hybridized carbons (Fsp3) is 0.944. The third-order valence-corrected chi connectivity index (χ3v) is 4.81. The van der Waals surface area contributed by atoms with Gasteiger partial charge in [0.1, 0.15) is 6.10 Å². The molecular formula is C18H37ClN2O2. The first-order valence-corrected chi connectivity index (χ1v) is 9.14. The van der Waals surface area contributed by atoms with Crippen molar-refractivity contribution in [2.24, 2.45) is 17.6 Å². The van der Waals surface area contributed by atoms with Gasteiger partial charge >= 0.3 is 0 Å². The van der Waals surface area contributed by atoms with Gasteiger partial charge in [-0.15, -0.1) is 12.4 Å². The van der Waals surface area contributed by atoms with Crippen LogP contribution in [0, 0.1) is 11.8 Å². The van der Waals surface area contributed by atoms with E-state index in [2.05, 4.69) is 19.2 Å². The Balaban J connectivity index is 0.00000484. The molecule has 0 spiro atoms. The molecule has 1 saturated carbocycles. The zero-order valence-corrected chi connectivity index (χ0v) is 15.9. The lowest BCUT2D eigenvalue weighted by atomic mass is 9.84. The molecule has 0 aliphatic heterocycles. The number of carbonyl (C=O) groups excluding carboxylic acids is 1. The van der Waals surface area contributed by atoms with Gasteiger partial charge in [0.25, 0.3) is 5.91 Å². The summed E-state index contributed by atoms with van der Waals surface area (Å²) in [6.07, 6.45) is 9.11. The number of amides is 1. The second kappa shape index (κ2) is 12.1. The van der Waals surface area contributed by atoms with Crippen LogP contribution >= 0.6 is 12.4 Å². The molecule has 0 bridgehead atoms. The molecule has 0 heterocycles. The van der Waals surface area contributed by atoms with E-state index in [1.54, 1.807) is 0 Å². The van der Waals surface area contributed by atoms with Crippen LogP contribution in [0.15, 0.2) is 0 Å². The zero-order chi connectivity index (χ0) is 16.5. The molecular weight excluding hydrogens is 312 g/mol. The van der Waals surface area contributed by atoms with Crippen LogP contribution < -0.4 is 11.1 Å². The fourth-order valence-electron chi connectivity index (χ4n) is 3.36. The van der Waals surface area contributed by atoms with E-state index in [0.29, 0.717) is 11.8 Å². The topological polar surface area (TPSA) is 75.3 Å². The van der Waals surface area contributed by atoms with Crippen LogP contribution in [0.25, 0.3) is 0 Å². The van der Waals surface area contributed by atoms with Gasteiger partial charge in [0.15, 0.2) is 0 Å². The average molecular weight is 349 g/mol. The van der Waals surface area contributed by atoms with Crippen molar-refractivity contribution in [2.75, 3.05) is 0 Å². The van der Waals surface area contributed by atoms with Crippen molar-refractivity contribution >= 4 is 18.3 Å². The lowest BCUT2D eigenvalue weighted by molar-refractivity contribution is -0.131. The van der Waals surface area contributed by atoms with E-state index in [4.69, 9.17) is 5.73 Å². The van der Waals surface area contributed by atoms with Crippen molar-refractivity contribution in [2.45, 2.75) is 96.7 Å². The van der Waals surface area contributed by atoms with E-state index in [1.807, 2.05) is 6.92 Å². The van der Waals surface area contributed by atoms with Crippen LogP contribution in [-0.4, -0.2) is 29.2 Å². The number of hydrogen-bond donors (Lipinski definition) is 3. The molecule has 1 amide bonds. The number of hydrogen-bond acceptors (Lipinski definition) is 3. The quantitative estimate of drug-likeness (QED) is 0.597. The summed E-state index contributed by atoms with van der Waals surface area (Å²) in [5.74, 6) is 0.965. The molecule has 4 nitrogen and oxygen atoms in total. The normalized spacial score (nSPS) is 19.7. The van der Waals surface area contributed by atoms with Crippen LogP contribution in [0.5, 0.6) is 0 Å². The summed E-state index contributed by atoms with van der Waals surface area (Å²) in [7, 11) is 0. The Bertz CT molecular complexity index is 320. The maximum absolute atomic E-state index is 12.1. The van der Waals surface area contributed by atoms with Gasteiger partial charge < -0.3 is 16.2 Å². The highest BCUT2D eigenvalue weighted by Crippen LogP contribution is 2.27. The van der Waals surface area contributed by atoms with E-state index in [9.17, 15) is 9.90 Å². The van der Waals surface area contributed by atoms with Gasteiger partial charge in [-0.3, -0.25) is 4.79 Å². The van der Waals surface area contributed by atoms with Gasteiger partial charge in [-0.2, -0.15) is 0 Å². The first-order chi connectivity index (χ1) is 10.4. The molecule has 1 fully saturated rings. The van der Waals surface area contributed by atoms with Crippen LogP contribution in [0.4, 0.5) is 0 Å². The number of halogens is 1. The molecule has 2 unspecified atom stereocenters. The van der Waals surface area contributed by atoms with E-state index in [-0.39, 0.29) is 24.4 Å². The van der Waals surface area contributed by atoms with E-state index in [0.717, 1.165) is 19.3 Å². The molecule has 3 atom stereocenters. The Morgan fingerprint density at radius 3 is 2.35 bits per heavy atom. The number of rotatable bonds is 9. The first kappa shape index (κ1) is 22.7. The molecule has 1 aliphatic rings. The molecule has 0 saturated heterocycles. The fourth-order valence-corrected chi connectivity index (χ4v) is 3.36. The summed E-state index contributed by atoms with van der Waals surface area (Å²) in [5, 5.41) is 13.0. The molecule has 0 aromatic carbocycles. The minimum Gasteiger partial charge on any atom is -0.382 e. The predicted octanol–water partition coefficient (Wildman–Crippen LogP) is 3.40. The standard InChI is InChI=1S/C18H36N2O2.ClH/c1-13(2)8-7-9-14(3)20-18(22)17(21)16(19)12-15-10-5-4-6-11-15;/h13-17,21H,4-12,19H2,1-3H3,(H,20,22);1H/t14?,16-,17?;/m1./s1. The van der Waals surface area contributed by atoms with Crippen LogP contribution in [-0.2, 0) is 4.79 Å². The average Bonchev–Trinajstić information content (AvgIpc) is 2.46. The molecule has 1 aliphatic carbocycles. The van der Waals surface area contributed by atoms with Crippen molar-refractivity contribution in [3.63, 3.8) is 0 Å². The second-order valence-electron chi connectivity index (χ2n) is 7.58. The van der Waals surface area contributed by atoms with Gasteiger partial charge in [0, 0.05) is 12.1 Å². The van der Waals surface area contributed by atoms with Crippen molar-refractivity contribution in [3.8, 4) is 0 Å². The lowest BCUT2D eigenvalue weighted by Crippen LogP contribution is -2.49. The molecule has 4 N–H and O–H groups in total. The number of nitrogens with two attached hydrogens (primary N) is 1. The summed E-state index contributed by atoms with van der Waals surface area (Å²) in [4.78, 5) is 12.1. The van der Waals surface area contributed by atoms with Gasteiger partial charge in [-0.1, -0.05) is 58.8 Å². The molecule has 1 rings (SSSR count). The summed E-state index contributed by atoms with van der Waals surface area (Å²) in [6.45, 7) is 6.41. The third-order valence-electron chi connectivity index (χ3n) is 4.81. The number of nitrogens with one attached hydrogen (secondary N) is 1. The summed E-state index contributed by atoms with van der Waals surface area (Å²) in [6, 6.07) is -0.339. The number of aliphatic hydroxyl groups excluding tert-OH is 1. The van der Waals surface area contributed by atoms with Crippen LogP contribution in [0.2, 0.25) is 0 Å². The molecule has 0 aromatic heterocycles. The number of aliphatic hydroxyl groups is 1. The maximum Gasteiger partial charge on any atom is 0.250 e. The third kappa shape index (κ3) is 9.53. The summed E-state index contributed by atoms with van der Waals surface area (Å²) >= 11 is 0. The van der Waals surface area contributed by atoms with Crippen LogP contribution in [0.3, 0.4) is 0 Å². The van der Waals surface area contributed by atoms with Gasteiger partial charge in [0.05, 0.1) is 0 Å². The monoisotopic (exact) mass is 348 g/mol. The van der Waals surface area contributed by atoms with Crippen molar-refractivity contribution < 1.29 is 9.90 Å². The predicted molar refractivity (Wildman–Crippen MR) is 98.7 cm³/mol. The highest BCUT2D eigenvalue weighted by Gasteiger charge is 2.27. The molecule has 138 valence electrons. The van der Waals surface area contributed by atoms with E-state index in [1.165, 1.54) is 38.5 Å². The second-order valence-corrected chi connectivity index (χ2v) is 7.58. The highest BCUT2D eigenvalue weighted by atomic mass is 35.5. The Kier molecular flexibility index (Phi) is 11.9. The Hall–Kier alpha value is -0.320. The number of carbonyl (C=O) groups is 1. The SMILES string of the molecule is CC(C)CCCC(C)NC(=O)C(O)[C@H](N)CC1CCCCC1.Cl. The zero-order valence-electron chi connectivity index (χ0n) is 15.1. The van der Waals surface area contributed by atoms with Crippen molar-refractivity contribution in [1.82, 2.24) is 5.32 Å². The summed E-state index contributed by atoms with van der Waals surface area (Å²) < 4.78 is 0.